The Kier molecular flexibility index (Phi) is 4.27. The molecule has 122 valence electrons. The van der Waals surface area contributed by atoms with Gasteiger partial charge in [0.15, 0.2) is 5.69 Å². The smallest absolute Gasteiger partial charge is 0.231 e. The standard InChI is InChI=1S/C21H15FN2S/c22-17-13-11-16(12-14-17)20-15-25-21(23-18-7-3-1-4-8-18)24(20)19-9-5-2-6-10-19/h1-15H/p+1. The van der Waals surface area contributed by atoms with E-state index in [2.05, 4.69) is 27.4 Å². The van der Waals surface area contributed by atoms with Crippen LogP contribution in [-0.2, 0) is 0 Å². The minimum absolute atomic E-state index is 0.229. The van der Waals surface area contributed by atoms with Gasteiger partial charge >= 0.3 is 5.13 Å². The molecular formula is C21H16FN2S+. The molecule has 0 unspecified atom stereocenters. The van der Waals surface area contributed by atoms with Crippen LogP contribution in [0.1, 0.15) is 0 Å². The van der Waals surface area contributed by atoms with E-state index in [1.54, 1.807) is 11.3 Å². The summed E-state index contributed by atoms with van der Waals surface area (Å²) < 4.78 is 15.5. The number of aromatic nitrogens is 1. The van der Waals surface area contributed by atoms with Crippen LogP contribution in [0, 0.1) is 5.82 Å². The number of nitrogens with one attached hydrogen (secondary N) is 1. The fraction of sp³-hybridized carbons (Fsp3) is 0. The zero-order chi connectivity index (χ0) is 17.1. The molecule has 25 heavy (non-hydrogen) atoms. The van der Waals surface area contributed by atoms with E-state index in [0.717, 1.165) is 27.8 Å². The third kappa shape index (κ3) is 3.30. The van der Waals surface area contributed by atoms with Gasteiger partial charge in [-0.05, 0) is 48.5 Å². The third-order valence-electron chi connectivity index (χ3n) is 3.91. The highest BCUT2D eigenvalue weighted by atomic mass is 32.1. The molecule has 4 aromatic rings. The Labute approximate surface area is 149 Å². The number of halogens is 1. The molecule has 0 spiro atoms. The van der Waals surface area contributed by atoms with Crippen molar-refractivity contribution in [1.29, 1.82) is 0 Å². The molecule has 4 rings (SSSR count). The highest BCUT2D eigenvalue weighted by Crippen LogP contribution is 2.27. The lowest BCUT2D eigenvalue weighted by atomic mass is 10.1. The summed E-state index contributed by atoms with van der Waals surface area (Å²) in [6.45, 7) is 0. The molecule has 0 amide bonds. The fourth-order valence-electron chi connectivity index (χ4n) is 2.71. The van der Waals surface area contributed by atoms with E-state index < -0.39 is 0 Å². The number of para-hydroxylation sites is 2. The lowest BCUT2D eigenvalue weighted by Crippen LogP contribution is -2.33. The number of thiazole rings is 1. The van der Waals surface area contributed by atoms with Crippen molar-refractivity contribution in [3.05, 3.63) is 96.1 Å². The van der Waals surface area contributed by atoms with Crippen molar-refractivity contribution in [3.8, 4) is 16.9 Å². The van der Waals surface area contributed by atoms with Crippen LogP contribution in [0.25, 0.3) is 16.9 Å². The highest BCUT2D eigenvalue weighted by Gasteiger charge is 2.21. The van der Waals surface area contributed by atoms with E-state index in [-0.39, 0.29) is 5.82 Å². The molecule has 1 heterocycles. The second-order valence-corrected chi connectivity index (χ2v) is 6.45. The average Bonchev–Trinajstić information content (AvgIpc) is 3.07. The normalized spacial score (nSPS) is 10.6. The van der Waals surface area contributed by atoms with Crippen molar-refractivity contribution in [2.75, 3.05) is 5.32 Å². The summed E-state index contributed by atoms with van der Waals surface area (Å²) in [5.41, 5.74) is 4.08. The topological polar surface area (TPSA) is 15.9 Å². The van der Waals surface area contributed by atoms with E-state index in [1.165, 1.54) is 12.1 Å². The molecule has 1 N–H and O–H groups in total. The van der Waals surface area contributed by atoms with Gasteiger partial charge in [-0.2, -0.15) is 4.57 Å². The molecule has 0 atom stereocenters. The van der Waals surface area contributed by atoms with Crippen LogP contribution in [0.15, 0.2) is 90.3 Å². The molecule has 0 aliphatic heterocycles. The van der Waals surface area contributed by atoms with Crippen molar-refractivity contribution >= 4 is 22.2 Å². The molecule has 3 aromatic carbocycles. The van der Waals surface area contributed by atoms with E-state index in [4.69, 9.17) is 0 Å². The van der Waals surface area contributed by atoms with Gasteiger partial charge in [0.1, 0.15) is 17.2 Å². The SMILES string of the molecule is Fc1ccc(-c2csc(Nc3ccccc3)[n+]2-c2ccccc2)cc1. The van der Waals surface area contributed by atoms with E-state index in [1.807, 2.05) is 60.7 Å². The Morgan fingerprint density at radius 3 is 2.08 bits per heavy atom. The third-order valence-corrected chi connectivity index (χ3v) is 4.75. The Bertz CT molecular complexity index is 964. The van der Waals surface area contributed by atoms with Gasteiger partial charge in [-0.3, -0.25) is 0 Å². The van der Waals surface area contributed by atoms with Crippen molar-refractivity contribution in [2.45, 2.75) is 0 Å². The summed E-state index contributed by atoms with van der Waals surface area (Å²) in [6.07, 6.45) is 0. The maximum Gasteiger partial charge on any atom is 0.344 e. The molecule has 0 fully saturated rings. The van der Waals surface area contributed by atoms with Gasteiger partial charge in [-0.1, -0.05) is 47.7 Å². The zero-order valence-electron chi connectivity index (χ0n) is 13.4. The summed E-state index contributed by atoms with van der Waals surface area (Å²) in [5, 5.41) is 6.57. The number of hydrogen-bond acceptors (Lipinski definition) is 2. The number of anilines is 2. The largest absolute Gasteiger partial charge is 0.344 e. The molecule has 0 bridgehead atoms. The van der Waals surface area contributed by atoms with E-state index in [9.17, 15) is 4.39 Å². The van der Waals surface area contributed by atoms with Crippen LogP contribution >= 0.6 is 11.3 Å². The Morgan fingerprint density at radius 2 is 1.40 bits per heavy atom. The number of rotatable bonds is 4. The molecule has 0 radical (unpaired) electrons. The van der Waals surface area contributed by atoms with Gasteiger partial charge in [-0.15, -0.1) is 0 Å². The molecular weight excluding hydrogens is 331 g/mol. The van der Waals surface area contributed by atoms with E-state index in [0.29, 0.717) is 0 Å². The van der Waals surface area contributed by atoms with Crippen LogP contribution in [0.5, 0.6) is 0 Å². The first-order valence-corrected chi connectivity index (χ1v) is 8.86. The monoisotopic (exact) mass is 347 g/mol. The summed E-state index contributed by atoms with van der Waals surface area (Å²) in [6, 6.07) is 26.8. The summed E-state index contributed by atoms with van der Waals surface area (Å²) in [4.78, 5) is 0. The van der Waals surface area contributed by atoms with Gasteiger partial charge in [0.05, 0.1) is 0 Å². The van der Waals surface area contributed by atoms with Gasteiger partial charge < -0.3 is 0 Å². The van der Waals surface area contributed by atoms with Gasteiger partial charge in [0, 0.05) is 10.9 Å². The van der Waals surface area contributed by atoms with Crippen LogP contribution in [-0.4, -0.2) is 0 Å². The second kappa shape index (κ2) is 6.87. The van der Waals surface area contributed by atoms with Crippen LogP contribution in [0.3, 0.4) is 0 Å². The van der Waals surface area contributed by atoms with Gasteiger partial charge in [-0.25, -0.2) is 9.71 Å². The zero-order valence-corrected chi connectivity index (χ0v) is 14.2. The minimum Gasteiger partial charge on any atom is -0.231 e. The van der Waals surface area contributed by atoms with Crippen molar-refractivity contribution in [2.24, 2.45) is 0 Å². The summed E-state index contributed by atoms with van der Waals surface area (Å²) in [7, 11) is 0. The molecule has 1 aromatic heterocycles. The molecule has 2 nitrogen and oxygen atoms in total. The quantitative estimate of drug-likeness (QED) is 0.477. The lowest BCUT2D eigenvalue weighted by molar-refractivity contribution is -0.563. The van der Waals surface area contributed by atoms with Crippen LogP contribution in [0.2, 0.25) is 0 Å². The van der Waals surface area contributed by atoms with Gasteiger partial charge in [0.2, 0.25) is 0 Å². The number of benzene rings is 3. The van der Waals surface area contributed by atoms with Crippen molar-refractivity contribution in [3.63, 3.8) is 0 Å². The Hall–Kier alpha value is -2.98. The highest BCUT2D eigenvalue weighted by molar-refractivity contribution is 7.13. The molecule has 0 aliphatic carbocycles. The van der Waals surface area contributed by atoms with E-state index >= 15 is 0 Å². The number of hydrogen-bond donors (Lipinski definition) is 1. The van der Waals surface area contributed by atoms with Crippen molar-refractivity contribution < 1.29 is 8.96 Å². The predicted molar refractivity (Wildman–Crippen MR) is 101 cm³/mol. The maximum absolute atomic E-state index is 13.3. The second-order valence-electron chi connectivity index (χ2n) is 5.59. The molecule has 4 heteroatoms. The predicted octanol–water partition coefficient (Wildman–Crippen LogP) is 5.57. The lowest BCUT2D eigenvalue weighted by Gasteiger charge is -2.06. The first kappa shape index (κ1) is 15.5. The molecule has 0 aliphatic rings. The Balaban J connectivity index is 1.83. The fourth-order valence-corrected chi connectivity index (χ4v) is 3.66. The van der Waals surface area contributed by atoms with Crippen molar-refractivity contribution in [1.82, 2.24) is 0 Å². The van der Waals surface area contributed by atoms with Crippen LogP contribution < -0.4 is 9.88 Å². The average molecular weight is 347 g/mol. The molecule has 0 saturated heterocycles. The summed E-state index contributed by atoms with van der Waals surface area (Å²) in [5.74, 6) is -0.229. The van der Waals surface area contributed by atoms with Gasteiger partial charge in [0.25, 0.3) is 0 Å². The summed E-state index contributed by atoms with van der Waals surface area (Å²) >= 11 is 1.62. The first-order chi connectivity index (χ1) is 12.3. The first-order valence-electron chi connectivity index (χ1n) is 7.98. The van der Waals surface area contributed by atoms with Crippen LogP contribution in [0.4, 0.5) is 15.2 Å². The maximum atomic E-state index is 13.3. The molecule has 0 saturated carbocycles. The number of nitrogens with zero attached hydrogens (tertiary/aromatic N) is 1. The Morgan fingerprint density at radius 1 is 0.760 bits per heavy atom. The minimum atomic E-state index is -0.229.